The van der Waals surface area contributed by atoms with Gasteiger partial charge in [0.2, 0.25) is 10.0 Å². The number of piperazine rings is 1. The first-order valence-corrected chi connectivity index (χ1v) is 13.7. The van der Waals surface area contributed by atoms with Crippen molar-refractivity contribution in [3.05, 3.63) is 71.2 Å². The zero-order chi connectivity index (χ0) is 25.7. The van der Waals surface area contributed by atoms with E-state index >= 15 is 0 Å². The van der Waals surface area contributed by atoms with Gasteiger partial charge in [-0.15, -0.1) is 0 Å². The van der Waals surface area contributed by atoms with Crippen molar-refractivity contribution in [3.63, 3.8) is 0 Å². The van der Waals surface area contributed by atoms with Gasteiger partial charge < -0.3 is 20.1 Å². The van der Waals surface area contributed by atoms with Gasteiger partial charge in [-0.25, -0.2) is 17.6 Å². The van der Waals surface area contributed by atoms with Crippen molar-refractivity contribution in [2.75, 3.05) is 49.9 Å². The SMILES string of the molecule is O=C[NH+]([O-])C(CS(=O)(=O)N1CCN(c2ccc(F)cc2)CC1)C1CCCN(C(=O)c2ccccc2)C1. The molecule has 0 radical (unpaired) electrons. The number of anilines is 1. The normalized spacial score (nSPS) is 21.1. The molecule has 0 saturated carbocycles. The predicted molar refractivity (Wildman–Crippen MR) is 133 cm³/mol. The van der Waals surface area contributed by atoms with Crippen LogP contribution in [0, 0.1) is 16.9 Å². The molecule has 0 aromatic heterocycles. The maximum atomic E-state index is 13.3. The first kappa shape index (κ1) is 26.2. The molecular weight excluding hydrogens is 487 g/mol. The minimum atomic E-state index is -3.83. The number of sulfonamides is 1. The lowest BCUT2D eigenvalue weighted by Crippen LogP contribution is -3.12. The number of likely N-dealkylation sites (tertiary alicyclic amines) is 1. The molecule has 3 unspecified atom stereocenters. The summed E-state index contributed by atoms with van der Waals surface area (Å²) in [6, 6.07) is 13.8. The van der Waals surface area contributed by atoms with Crippen LogP contribution in [0.4, 0.5) is 10.1 Å². The van der Waals surface area contributed by atoms with E-state index in [4.69, 9.17) is 0 Å². The molecule has 0 spiro atoms. The van der Waals surface area contributed by atoms with E-state index in [2.05, 4.69) is 0 Å². The third-order valence-corrected chi connectivity index (χ3v) is 8.96. The fraction of sp³-hybridized carbons (Fsp3) is 0.440. The molecular formula is C25H31FN4O5S. The van der Waals surface area contributed by atoms with Gasteiger partial charge in [-0.1, -0.05) is 18.2 Å². The molecule has 0 aliphatic carbocycles. The van der Waals surface area contributed by atoms with Crippen molar-refractivity contribution >= 4 is 28.0 Å². The number of rotatable bonds is 8. The van der Waals surface area contributed by atoms with Crippen LogP contribution in [0.1, 0.15) is 23.2 Å². The fourth-order valence-corrected chi connectivity index (χ4v) is 6.85. The molecule has 2 fully saturated rings. The average Bonchev–Trinajstić information content (AvgIpc) is 2.92. The number of hydrogen-bond donors (Lipinski definition) is 1. The molecule has 36 heavy (non-hydrogen) atoms. The quantitative estimate of drug-likeness (QED) is 0.408. The lowest BCUT2D eigenvalue weighted by molar-refractivity contribution is -0.787. The van der Waals surface area contributed by atoms with Crippen LogP contribution in [0.5, 0.6) is 0 Å². The van der Waals surface area contributed by atoms with E-state index in [-0.39, 0.29) is 37.8 Å². The molecule has 2 aliphatic heterocycles. The largest absolute Gasteiger partial charge is 0.627 e. The Balaban J connectivity index is 1.42. The van der Waals surface area contributed by atoms with Crippen molar-refractivity contribution < 1.29 is 27.5 Å². The van der Waals surface area contributed by atoms with Crippen LogP contribution in [0.15, 0.2) is 54.6 Å². The molecule has 2 aromatic carbocycles. The first-order chi connectivity index (χ1) is 17.3. The molecule has 3 atom stereocenters. The lowest BCUT2D eigenvalue weighted by Gasteiger charge is -2.40. The number of carbonyl (C=O) groups is 2. The average molecular weight is 519 g/mol. The Morgan fingerprint density at radius 1 is 1.06 bits per heavy atom. The Hall–Kier alpha value is -2.86. The van der Waals surface area contributed by atoms with Crippen molar-refractivity contribution in [1.29, 1.82) is 0 Å². The Labute approximate surface area is 210 Å². The molecule has 2 aliphatic rings. The second kappa shape index (κ2) is 11.5. The summed E-state index contributed by atoms with van der Waals surface area (Å²) in [6.45, 7) is 2.06. The summed E-state index contributed by atoms with van der Waals surface area (Å²) < 4.78 is 41.2. The van der Waals surface area contributed by atoms with Crippen molar-refractivity contribution in [2.45, 2.75) is 18.9 Å². The van der Waals surface area contributed by atoms with Gasteiger partial charge in [-0.05, 0) is 49.2 Å². The van der Waals surface area contributed by atoms with E-state index in [0.29, 0.717) is 38.0 Å². The van der Waals surface area contributed by atoms with Gasteiger partial charge in [0, 0.05) is 56.4 Å². The number of nitrogens with zero attached hydrogens (tertiary/aromatic N) is 3. The standard InChI is InChI=1S/C25H31FN4O5S/c26-22-8-10-23(11-9-22)27-13-15-29(16-14-27)36(34,35)18-24(30(33)19-31)21-7-4-12-28(17-21)25(32)20-5-2-1-3-6-20/h1-3,5-6,8-11,19,21,24,30H,4,7,12-18H2. The number of nitrogens with one attached hydrogen (secondary N) is 1. The Morgan fingerprint density at radius 3 is 2.36 bits per heavy atom. The molecule has 0 bridgehead atoms. The third-order valence-electron chi connectivity index (χ3n) is 7.03. The molecule has 2 saturated heterocycles. The van der Waals surface area contributed by atoms with Crippen LogP contribution in [-0.2, 0) is 14.8 Å². The molecule has 11 heteroatoms. The number of piperidine rings is 1. The number of halogens is 1. The summed E-state index contributed by atoms with van der Waals surface area (Å²) >= 11 is 0. The molecule has 194 valence electrons. The van der Waals surface area contributed by atoms with E-state index in [9.17, 15) is 27.6 Å². The Kier molecular flexibility index (Phi) is 8.35. The van der Waals surface area contributed by atoms with E-state index < -0.39 is 32.8 Å². The minimum absolute atomic E-state index is 0.169. The number of hydroxylamine groups is 2. The van der Waals surface area contributed by atoms with Gasteiger partial charge in [-0.2, -0.15) is 4.31 Å². The summed E-state index contributed by atoms with van der Waals surface area (Å²) in [7, 11) is -3.83. The molecule has 2 aromatic rings. The van der Waals surface area contributed by atoms with Crippen LogP contribution in [0.25, 0.3) is 0 Å². The summed E-state index contributed by atoms with van der Waals surface area (Å²) in [4.78, 5) is 28.0. The maximum Gasteiger partial charge on any atom is 0.300 e. The smallest absolute Gasteiger partial charge is 0.300 e. The topological polar surface area (TPSA) is 106 Å². The number of carbonyl (C=O) groups excluding carboxylic acids is 2. The fourth-order valence-electron chi connectivity index (χ4n) is 5.03. The molecule has 2 amide bonds. The summed E-state index contributed by atoms with van der Waals surface area (Å²) in [6.07, 6.45) is 1.39. The first-order valence-electron chi connectivity index (χ1n) is 12.1. The Morgan fingerprint density at radius 2 is 1.72 bits per heavy atom. The monoisotopic (exact) mass is 518 g/mol. The third kappa shape index (κ3) is 6.09. The second-order valence-corrected chi connectivity index (χ2v) is 11.3. The molecule has 1 N–H and O–H groups in total. The number of quaternary nitrogens is 1. The predicted octanol–water partition coefficient (Wildman–Crippen LogP) is 0.738. The van der Waals surface area contributed by atoms with E-state index in [1.165, 1.54) is 16.4 Å². The number of amides is 2. The number of hydrogen-bond acceptors (Lipinski definition) is 6. The van der Waals surface area contributed by atoms with Crippen LogP contribution in [-0.4, -0.2) is 81.0 Å². The van der Waals surface area contributed by atoms with Crippen LogP contribution in [0.3, 0.4) is 0 Å². The van der Waals surface area contributed by atoms with Crippen LogP contribution >= 0.6 is 0 Å². The number of benzene rings is 2. The molecule has 9 nitrogen and oxygen atoms in total. The lowest BCUT2D eigenvalue weighted by atomic mass is 9.91. The zero-order valence-corrected chi connectivity index (χ0v) is 20.8. The summed E-state index contributed by atoms with van der Waals surface area (Å²) in [5, 5.41) is 11.8. The highest BCUT2D eigenvalue weighted by atomic mass is 32.2. The highest BCUT2D eigenvalue weighted by Crippen LogP contribution is 2.23. The zero-order valence-electron chi connectivity index (χ0n) is 20.0. The van der Waals surface area contributed by atoms with Gasteiger partial charge >= 0.3 is 0 Å². The van der Waals surface area contributed by atoms with Crippen molar-refractivity contribution in [1.82, 2.24) is 9.21 Å². The maximum absolute atomic E-state index is 13.3. The van der Waals surface area contributed by atoms with Gasteiger partial charge in [0.1, 0.15) is 17.6 Å². The molecule has 4 rings (SSSR count). The van der Waals surface area contributed by atoms with Crippen molar-refractivity contribution in [2.24, 2.45) is 5.92 Å². The highest BCUT2D eigenvalue weighted by molar-refractivity contribution is 7.89. The summed E-state index contributed by atoms with van der Waals surface area (Å²) in [5.41, 5.74) is 1.34. The molecule has 2 heterocycles. The van der Waals surface area contributed by atoms with E-state index in [1.54, 1.807) is 41.3 Å². The van der Waals surface area contributed by atoms with Crippen LogP contribution < -0.4 is 9.96 Å². The van der Waals surface area contributed by atoms with Crippen LogP contribution in [0.2, 0.25) is 0 Å². The van der Waals surface area contributed by atoms with Gasteiger partial charge in [0.05, 0.1) is 0 Å². The van der Waals surface area contributed by atoms with Crippen molar-refractivity contribution in [3.8, 4) is 0 Å². The summed E-state index contributed by atoms with van der Waals surface area (Å²) in [5.74, 6) is -1.38. The van der Waals surface area contributed by atoms with Gasteiger partial charge in [0.25, 0.3) is 12.3 Å². The van der Waals surface area contributed by atoms with Gasteiger partial charge in [0.15, 0.2) is 0 Å². The second-order valence-electron chi connectivity index (χ2n) is 9.29. The Bertz CT molecular complexity index is 1140. The highest BCUT2D eigenvalue weighted by Gasteiger charge is 2.39. The van der Waals surface area contributed by atoms with E-state index in [0.717, 1.165) is 5.69 Å². The van der Waals surface area contributed by atoms with E-state index in [1.807, 2.05) is 11.0 Å². The van der Waals surface area contributed by atoms with Gasteiger partial charge in [-0.3, -0.25) is 4.79 Å². The minimum Gasteiger partial charge on any atom is -0.627 e.